The SMILES string of the molecule is CC(C)(C)OC(=O)c1nc(C#N)ccc1N. The highest BCUT2D eigenvalue weighted by Crippen LogP contribution is 2.15. The van der Waals surface area contributed by atoms with E-state index in [4.69, 9.17) is 15.7 Å². The fourth-order valence-electron chi connectivity index (χ4n) is 1.02. The number of aromatic nitrogens is 1. The van der Waals surface area contributed by atoms with E-state index in [-0.39, 0.29) is 17.1 Å². The molecule has 0 amide bonds. The lowest BCUT2D eigenvalue weighted by Crippen LogP contribution is -2.25. The number of pyridine rings is 1. The molecule has 0 aliphatic carbocycles. The second-order valence-corrected chi connectivity index (χ2v) is 4.25. The van der Waals surface area contributed by atoms with Crippen molar-refractivity contribution in [2.75, 3.05) is 5.73 Å². The van der Waals surface area contributed by atoms with E-state index in [2.05, 4.69) is 4.98 Å². The third-order valence-electron chi connectivity index (χ3n) is 1.63. The Morgan fingerprint density at radius 2 is 2.12 bits per heavy atom. The van der Waals surface area contributed by atoms with E-state index < -0.39 is 11.6 Å². The predicted octanol–water partition coefficient (Wildman–Crippen LogP) is 1.49. The fraction of sp³-hybridized carbons (Fsp3) is 0.364. The number of anilines is 1. The van der Waals surface area contributed by atoms with Crippen molar-refractivity contribution in [2.24, 2.45) is 0 Å². The van der Waals surface area contributed by atoms with Gasteiger partial charge in [0.05, 0.1) is 5.69 Å². The van der Waals surface area contributed by atoms with Crippen LogP contribution in [-0.2, 0) is 4.74 Å². The molecule has 0 bridgehead atoms. The van der Waals surface area contributed by atoms with Crippen LogP contribution in [0.15, 0.2) is 12.1 Å². The molecule has 0 fully saturated rings. The number of carbonyl (C=O) groups excluding carboxylic acids is 1. The van der Waals surface area contributed by atoms with Gasteiger partial charge in [0.15, 0.2) is 5.69 Å². The van der Waals surface area contributed by atoms with Crippen LogP contribution in [0.5, 0.6) is 0 Å². The van der Waals surface area contributed by atoms with E-state index in [0.717, 1.165) is 0 Å². The van der Waals surface area contributed by atoms with Crippen molar-refractivity contribution in [3.63, 3.8) is 0 Å². The van der Waals surface area contributed by atoms with E-state index in [1.807, 2.05) is 6.07 Å². The van der Waals surface area contributed by atoms with Crippen LogP contribution in [0.2, 0.25) is 0 Å². The van der Waals surface area contributed by atoms with Crippen LogP contribution >= 0.6 is 0 Å². The van der Waals surface area contributed by atoms with Crippen LogP contribution < -0.4 is 5.73 Å². The Hall–Kier alpha value is -2.09. The lowest BCUT2D eigenvalue weighted by molar-refractivity contribution is 0.00641. The summed E-state index contributed by atoms with van der Waals surface area (Å²) in [6.45, 7) is 5.24. The average molecular weight is 219 g/mol. The first-order chi connectivity index (χ1) is 7.33. The minimum Gasteiger partial charge on any atom is -0.455 e. The van der Waals surface area contributed by atoms with Crippen LogP contribution in [0.25, 0.3) is 0 Å². The Labute approximate surface area is 93.8 Å². The zero-order chi connectivity index (χ0) is 12.3. The lowest BCUT2D eigenvalue weighted by atomic mass is 10.2. The largest absolute Gasteiger partial charge is 0.455 e. The molecule has 5 heteroatoms. The highest BCUT2D eigenvalue weighted by molar-refractivity contribution is 5.93. The number of rotatable bonds is 1. The van der Waals surface area contributed by atoms with Gasteiger partial charge < -0.3 is 10.5 Å². The van der Waals surface area contributed by atoms with Crippen molar-refractivity contribution in [3.8, 4) is 6.07 Å². The molecule has 1 rings (SSSR count). The Morgan fingerprint density at radius 3 is 2.62 bits per heavy atom. The molecule has 1 heterocycles. The molecule has 0 saturated heterocycles. The summed E-state index contributed by atoms with van der Waals surface area (Å²) in [5.41, 5.74) is 5.29. The molecule has 0 unspecified atom stereocenters. The van der Waals surface area contributed by atoms with Gasteiger partial charge >= 0.3 is 5.97 Å². The second kappa shape index (κ2) is 4.19. The number of ether oxygens (including phenoxy) is 1. The molecule has 2 N–H and O–H groups in total. The zero-order valence-electron chi connectivity index (χ0n) is 9.44. The molecule has 0 saturated carbocycles. The molecular formula is C11H13N3O2. The molecule has 1 aromatic rings. The van der Waals surface area contributed by atoms with Crippen LogP contribution in [-0.4, -0.2) is 16.6 Å². The van der Waals surface area contributed by atoms with Crippen LogP contribution in [0.3, 0.4) is 0 Å². The van der Waals surface area contributed by atoms with Crippen molar-refractivity contribution in [1.29, 1.82) is 5.26 Å². The lowest BCUT2D eigenvalue weighted by Gasteiger charge is -2.19. The van der Waals surface area contributed by atoms with Gasteiger partial charge in [0.25, 0.3) is 0 Å². The van der Waals surface area contributed by atoms with Gasteiger partial charge in [0, 0.05) is 0 Å². The minimum absolute atomic E-state index is 0.0195. The topological polar surface area (TPSA) is 89.0 Å². The molecular weight excluding hydrogens is 206 g/mol. The summed E-state index contributed by atoms with van der Waals surface area (Å²) in [6, 6.07) is 4.75. The third-order valence-corrected chi connectivity index (χ3v) is 1.63. The number of hydrogen-bond donors (Lipinski definition) is 1. The minimum atomic E-state index is -0.623. The van der Waals surface area contributed by atoms with Gasteiger partial charge in [-0.25, -0.2) is 9.78 Å². The number of esters is 1. The Bertz CT molecular complexity index is 455. The number of nitrogen functional groups attached to an aromatic ring is 1. The van der Waals surface area contributed by atoms with Crippen LogP contribution in [0.1, 0.15) is 37.0 Å². The smallest absolute Gasteiger partial charge is 0.359 e. The molecule has 5 nitrogen and oxygen atoms in total. The average Bonchev–Trinajstić information content (AvgIpc) is 2.15. The maximum Gasteiger partial charge on any atom is 0.359 e. The molecule has 84 valence electrons. The number of nitriles is 1. The highest BCUT2D eigenvalue weighted by atomic mass is 16.6. The Kier molecular flexibility index (Phi) is 3.14. The van der Waals surface area contributed by atoms with E-state index in [9.17, 15) is 4.79 Å². The van der Waals surface area contributed by atoms with Gasteiger partial charge in [0.2, 0.25) is 0 Å². The summed E-state index contributed by atoms with van der Waals surface area (Å²) in [5, 5.41) is 8.66. The summed E-state index contributed by atoms with van der Waals surface area (Å²) in [5.74, 6) is -0.623. The fourth-order valence-corrected chi connectivity index (χ4v) is 1.02. The van der Waals surface area contributed by atoms with Gasteiger partial charge in [0.1, 0.15) is 17.4 Å². The molecule has 0 atom stereocenters. The van der Waals surface area contributed by atoms with Crippen molar-refractivity contribution in [1.82, 2.24) is 4.98 Å². The summed E-state index contributed by atoms with van der Waals surface area (Å²) in [6.07, 6.45) is 0. The number of hydrogen-bond acceptors (Lipinski definition) is 5. The number of nitrogens with zero attached hydrogens (tertiary/aromatic N) is 2. The molecule has 0 spiro atoms. The van der Waals surface area contributed by atoms with E-state index in [1.54, 1.807) is 20.8 Å². The van der Waals surface area contributed by atoms with Crippen LogP contribution in [0.4, 0.5) is 5.69 Å². The van der Waals surface area contributed by atoms with Crippen LogP contribution in [0, 0.1) is 11.3 Å². The Morgan fingerprint density at radius 1 is 1.50 bits per heavy atom. The normalized spacial score (nSPS) is 10.6. The van der Waals surface area contributed by atoms with Gasteiger partial charge in [-0.3, -0.25) is 0 Å². The first kappa shape index (κ1) is 12.0. The highest BCUT2D eigenvalue weighted by Gasteiger charge is 2.21. The predicted molar refractivity (Wildman–Crippen MR) is 58.5 cm³/mol. The Balaban J connectivity index is 3.04. The molecule has 0 aromatic carbocycles. The first-order valence-electron chi connectivity index (χ1n) is 4.73. The second-order valence-electron chi connectivity index (χ2n) is 4.25. The first-order valence-corrected chi connectivity index (χ1v) is 4.73. The van der Waals surface area contributed by atoms with E-state index in [0.29, 0.717) is 0 Å². The molecule has 0 radical (unpaired) electrons. The van der Waals surface area contributed by atoms with Gasteiger partial charge in [-0.2, -0.15) is 5.26 Å². The number of nitrogens with two attached hydrogens (primary N) is 1. The van der Waals surface area contributed by atoms with Gasteiger partial charge in [-0.05, 0) is 32.9 Å². The molecule has 0 aliphatic heterocycles. The maximum absolute atomic E-state index is 11.7. The van der Waals surface area contributed by atoms with Gasteiger partial charge in [-0.15, -0.1) is 0 Å². The standard InChI is InChI=1S/C11H13N3O2/c1-11(2,3)16-10(15)9-8(13)5-4-7(6-12)14-9/h4-5H,13H2,1-3H3. The summed E-state index contributed by atoms with van der Waals surface area (Å²) in [7, 11) is 0. The summed E-state index contributed by atoms with van der Waals surface area (Å²) < 4.78 is 5.11. The maximum atomic E-state index is 11.7. The van der Waals surface area contributed by atoms with Gasteiger partial charge in [-0.1, -0.05) is 0 Å². The zero-order valence-corrected chi connectivity index (χ0v) is 9.44. The van der Waals surface area contributed by atoms with Crippen molar-refractivity contribution >= 4 is 11.7 Å². The van der Waals surface area contributed by atoms with Crippen molar-refractivity contribution in [3.05, 3.63) is 23.5 Å². The summed E-state index contributed by atoms with van der Waals surface area (Å²) >= 11 is 0. The molecule has 0 aliphatic rings. The third kappa shape index (κ3) is 2.95. The monoisotopic (exact) mass is 219 g/mol. The molecule has 16 heavy (non-hydrogen) atoms. The van der Waals surface area contributed by atoms with Crippen molar-refractivity contribution < 1.29 is 9.53 Å². The van der Waals surface area contributed by atoms with E-state index in [1.165, 1.54) is 12.1 Å². The molecule has 1 aromatic heterocycles. The van der Waals surface area contributed by atoms with E-state index >= 15 is 0 Å². The number of carbonyl (C=O) groups is 1. The van der Waals surface area contributed by atoms with Crippen molar-refractivity contribution in [2.45, 2.75) is 26.4 Å². The quantitative estimate of drug-likeness (QED) is 0.723. The summed E-state index contributed by atoms with van der Waals surface area (Å²) in [4.78, 5) is 15.5.